The average molecular weight is 442 g/mol. The van der Waals surface area contributed by atoms with Crippen LogP contribution in [-0.2, 0) is 21.6 Å². The van der Waals surface area contributed by atoms with Crippen molar-refractivity contribution in [2.45, 2.75) is 37.3 Å². The number of hydrogen-bond donors (Lipinski definition) is 2. The van der Waals surface area contributed by atoms with Gasteiger partial charge >= 0.3 is 0 Å². The van der Waals surface area contributed by atoms with E-state index in [9.17, 15) is 9.59 Å². The molecular formula is C23H27N3O4S. The van der Waals surface area contributed by atoms with E-state index in [4.69, 9.17) is 9.47 Å². The van der Waals surface area contributed by atoms with Gasteiger partial charge in [-0.1, -0.05) is 0 Å². The lowest BCUT2D eigenvalue weighted by Crippen LogP contribution is -2.44. The molecule has 164 valence electrons. The molecule has 1 spiro atoms. The van der Waals surface area contributed by atoms with E-state index in [-0.39, 0.29) is 23.5 Å². The van der Waals surface area contributed by atoms with Crippen LogP contribution in [-0.4, -0.2) is 51.2 Å². The fourth-order valence-corrected chi connectivity index (χ4v) is 6.12. The molecule has 3 aliphatic rings. The van der Waals surface area contributed by atoms with Crippen molar-refractivity contribution in [1.29, 1.82) is 0 Å². The smallest absolute Gasteiger partial charge is 0.261 e. The molecule has 2 saturated heterocycles. The molecule has 7 nitrogen and oxygen atoms in total. The first-order valence-electron chi connectivity index (χ1n) is 10.8. The number of thiophene rings is 1. The van der Waals surface area contributed by atoms with E-state index in [0.29, 0.717) is 24.4 Å². The summed E-state index contributed by atoms with van der Waals surface area (Å²) in [6.45, 7) is 3.05. The van der Waals surface area contributed by atoms with Crippen LogP contribution < -0.4 is 20.3 Å². The zero-order chi connectivity index (χ0) is 21.4. The number of nitrogens with zero attached hydrogens (tertiary/aromatic N) is 1. The van der Waals surface area contributed by atoms with Crippen LogP contribution in [0.1, 0.15) is 39.4 Å². The monoisotopic (exact) mass is 441 g/mol. The van der Waals surface area contributed by atoms with Crippen molar-refractivity contribution in [3.05, 3.63) is 45.6 Å². The lowest BCUT2D eigenvalue weighted by Gasteiger charge is -2.40. The molecule has 8 heteroatoms. The molecule has 2 N–H and O–H groups in total. The highest BCUT2D eigenvalue weighted by molar-refractivity contribution is 7.14. The van der Waals surface area contributed by atoms with Gasteiger partial charge in [0.2, 0.25) is 5.91 Å². The van der Waals surface area contributed by atoms with E-state index >= 15 is 0 Å². The Labute approximate surface area is 185 Å². The normalized spacial score (nSPS) is 22.4. The average Bonchev–Trinajstić information content (AvgIpc) is 3.39. The number of methoxy groups -OCH3 is 1. The van der Waals surface area contributed by atoms with Crippen LogP contribution in [0.15, 0.2) is 30.3 Å². The van der Waals surface area contributed by atoms with Gasteiger partial charge in [0.05, 0.1) is 24.6 Å². The minimum atomic E-state index is -0.240. The number of benzene rings is 1. The maximum absolute atomic E-state index is 13.0. The van der Waals surface area contributed by atoms with Gasteiger partial charge in [-0.15, -0.1) is 11.3 Å². The molecule has 31 heavy (non-hydrogen) atoms. The van der Waals surface area contributed by atoms with Crippen LogP contribution in [0.3, 0.4) is 0 Å². The van der Waals surface area contributed by atoms with Gasteiger partial charge in [0, 0.05) is 23.5 Å². The molecule has 2 fully saturated rings. The van der Waals surface area contributed by atoms with Gasteiger partial charge in [0.15, 0.2) is 0 Å². The van der Waals surface area contributed by atoms with Crippen molar-refractivity contribution in [2.75, 3.05) is 38.3 Å². The third-order valence-corrected chi connectivity index (χ3v) is 7.81. The maximum atomic E-state index is 13.0. The van der Waals surface area contributed by atoms with Crippen LogP contribution in [0.5, 0.6) is 5.75 Å². The second-order valence-corrected chi connectivity index (χ2v) is 9.44. The number of rotatable bonds is 4. The number of carbonyl (C=O) groups excluding carboxylic acids is 2. The van der Waals surface area contributed by atoms with Gasteiger partial charge in [-0.3, -0.25) is 9.59 Å². The van der Waals surface area contributed by atoms with Gasteiger partial charge in [-0.25, -0.2) is 0 Å². The lowest BCUT2D eigenvalue weighted by molar-refractivity contribution is -0.117. The summed E-state index contributed by atoms with van der Waals surface area (Å²) in [5.41, 5.74) is 1.82. The van der Waals surface area contributed by atoms with E-state index in [1.54, 1.807) is 23.3 Å². The summed E-state index contributed by atoms with van der Waals surface area (Å²) < 4.78 is 11.4. The number of carbonyl (C=O) groups is 2. The summed E-state index contributed by atoms with van der Waals surface area (Å²) in [6.07, 6.45) is 3.04. The third-order valence-electron chi connectivity index (χ3n) is 6.45. The predicted octanol–water partition coefficient (Wildman–Crippen LogP) is 2.44. The van der Waals surface area contributed by atoms with Crippen LogP contribution in [0.2, 0.25) is 0 Å². The fraction of sp³-hybridized carbons (Fsp3) is 0.478. The van der Waals surface area contributed by atoms with Gasteiger partial charge in [0.1, 0.15) is 11.4 Å². The third kappa shape index (κ3) is 3.84. The Bertz CT molecular complexity index is 981. The Balaban J connectivity index is 1.28. The molecule has 4 heterocycles. The van der Waals surface area contributed by atoms with Crippen molar-refractivity contribution in [3.8, 4) is 5.75 Å². The molecule has 1 atom stereocenters. The van der Waals surface area contributed by atoms with E-state index in [0.717, 1.165) is 43.8 Å². The molecule has 0 bridgehead atoms. The summed E-state index contributed by atoms with van der Waals surface area (Å²) in [5.74, 6) is 0.665. The molecule has 5 rings (SSSR count). The molecule has 1 aromatic heterocycles. The number of amides is 2. The van der Waals surface area contributed by atoms with Crippen LogP contribution in [0.25, 0.3) is 0 Å². The molecule has 3 aliphatic heterocycles. The quantitative estimate of drug-likeness (QED) is 0.762. The highest BCUT2D eigenvalue weighted by atomic mass is 32.1. The van der Waals surface area contributed by atoms with Crippen LogP contribution >= 0.6 is 11.3 Å². The van der Waals surface area contributed by atoms with E-state index in [1.807, 2.05) is 30.3 Å². The molecule has 0 saturated carbocycles. The summed E-state index contributed by atoms with van der Waals surface area (Å²) >= 11 is 1.56. The number of hydrogen-bond acceptors (Lipinski definition) is 6. The number of ether oxygens (including phenoxy) is 2. The summed E-state index contributed by atoms with van der Waals surface area (Å²) in [7, 11) is 1.61. The zero-order valence-electron chi connectivity index (χ0n) is 17.6. The van der Waals surface area contributed by atoms with Crippen molar-refractivity contribution < 1.29 is 19.1 Å². The Hall–Kier alpha value is -2.42. The van der Waals surface area contributed by atoms with Crippen molar-refractivity contribution in [1.82, 2.24) is 10.6 Å². The zero-order valence-corrected chi connectivity index (χ0v) is 18.4. The van der Waals surface area contributed by atoms with Crippen molar-refractivity contribution in [3.63, 3.8) is 0 Å². The Morgan fingerprint density at radius 1 is 1.29 bits per heavy atom. The molecular weight excluding hydrogens is 414 g/mol. The van der Waals surface area contributed by atoms with Crippen molar-refractivity contribution in [2.24, 2.45) is 0 Å². The second kappa shape index (κ2) is 8.26. The molecule has 2 aromatic rings. The summed E-state index contributed by atoms with van der Waals surface area (Å²) in [5, 5.41) is 6.47. The lowest BCUT2D eigenvalue weighted by atomic mass is 9.86. The van der Waals surface area contributed by atoms with Gasteiger partial charge in [0.25, 0.3) is 5.91 Å². The van der Waals surface area contributed by atoms with E-state index in [1.165, 1.54) is 10.4 Å². The van der Waals surface area contributed by atoms with E-state index in [2.05, 4.69) is 10.6 Å². The van der Waals surface area contributed by atoms with Gasteiger partial charge in [-0.2, -0.15) is 0 Å². The minimum absolute atomic E-state index is 0.0167. The van der Waals surface area contributed by atoms with Crippen LogP contribution in [0, 0.1) is 0 Å². The Kier molecular flexibility index (Phi) is 5.45. The van der Waals surface area contributed by atoms with Crippen LogP contribution in [0.4, 0.5) is 5.69 Å². The molecule has 1 unspecified atom stereocenters. The molecule has 0 aliphatic carbocycles. The summed E-state index contributed by atoms with van der Waals surface area (Å²) in [4.78, 5) is 29.2. The minimum Gasteiger partial charge on any atom is -0.497 e. The first kappa shape index (κ1) is 20.5. The first-order valence-corrected chi connectivity index (χ1v) is 11.6. The second-order valence-electron chi connectivity index (χ2n) is 8.38. The van der Waals surface area contributed by atoms with Gasteiger partial charge < -0.3 is 25.0 Å². The predicted molar refractivity (Wildman–Crippen MR) is 119 cm³/mol. The number of anilines is 1. The Morgan fingerprint density at radius 3 is 2.81 bits per heavy atom. The molecule has 0 radical (unpaired) electrons. The van der Waals surface area contributed by atoms with Crippen molar-refractivity contribution >= 4 is 28.8 Å². The van der Waals surface area contributed by atoms with E-state index < -0.39 is 0 Å². The fourth-order valence-electron chi connectivity index (χ4n) is 4.81. The summed E-state index contributed by atoms with van der Waals surface area (Å²) in [6, 6.07) is 9.23. The number of fused-ring (bicyclic) bond motifs is 2. The number of piperidine rings is 1. The highest BCUT2D eigenvalue weighted by Crippen LogP contribution is 2.44. The molecule has 2 amide bonds. The molecule has 1 aromatic carbocycles. The number of nitrogens with one attached hydrogen (secondary N) is 2. The standard InChI is InChI=1S/C23H27N3O4S/c1-29-18-4-2-17(3-5-18)26-14-16(13-20(26)27)25-22(28)19-12-15-6-11-30-23(21(15)31-19)7-9-24-10-8-23/h2-5,12,16,24H,6-11,13-14H2,1H3,(H,25,28). The Morgan fingerprint density at radius 2 is 2.06 bits per heavy atom. The maximum Gasteiger partial charge on any atom is 0.261 e. The topological polar surface area (TPSA) is 79.9 Å². The SMILES string of the molecule is COc1ccc(N2CC(NC(=O)c3cc4c(s3)C3(CCNCC3)OCC4)CC2=O)cc1. The highest BCUT2D eigenvalue weighted by Gasteiger charge is 2.41. The largest absolute Gasteiger partial charge is 0.497 e. The first-order chi connectivity index (χ1) is 15.1. The van der Waals surface area contributed by atoms with Gasteiger partial charge in [-0.05, 0) is 68.2 Å².